The minimum absolute atomic E-state index is 0.0600. The van der Waals surface area contributed by atoms with Crippen molar-refractivity contribution < 1.29 is 58.8 Å². The number of aromatic nitrogens is 1. The highest BCUT2D eigenvalue weighted by Crippen LogP contribution is 2.50. The number of fused-ring (bicyclic) bond motifs is 3. The van der Waals surface area contributed by atoms with Crippen molar-refractivity contribution in [2.24, 2.45) is 5.92 Å². The lowest BCUT2D eigenvalue weighted by Gasteiger charge is -2.56. The molecule has 4 heterocycles. The molecule has 57 heavy (non-hydrogen) atoms. The van der Waals surface area contributed by atoms with E-state index in [4.69, 9.17) is 29.1 Å². The topological polar surface area (TPSA) is 271 Å². The fourth-order valence-electron chi connectivity index (χ4n) is 7.66. The first-order valence-electron chi connectivity index (χ1n) is 18.1. The highest BCUT2D eigenvalue weighted by Gasteiger charge is 2.70. The molecule has 2 saturated heterocycles. The minimum Gasteiger partial charge on any atom is -0.508 e. The van der Waals surface area contributed by atoms with Gasteiger partial charge in [-0.1, -0.05) is 18.2 Å². The van der Waals surface area contributed by atoms with Crippen molar-refractivity contribution >= 4 is 22.8 Å². The van der Waals surface area contributed by atoms with E-state index in [0.717, 1.165) is 5.69 Å². The average molecular weight is 785 g/mol. The van der Waals surface area contributed by atoms with E-state index in [1.165, 1.54) is 36.4 Å². The number of anilines is 1. The number of H-pyrrole nitrogens is 1. The number of aromatic hydroxyl groups is 2. The van der Waals surface area contributed by atoms with E-state index in [0.29, 0.717) is 48.9 Å². The molecule has 2 aromatic heterocycles. The van der Waals surface area contributed by atoms with Crippen LogP contribution >= 0.6 is 0 Å². The van der Waals surface area contributed by atoms with Crippen LogP contribution < -0.4 is 36.0 Å². The van der Waals surface area contributed by atoms with Gasteiger partial charge in [-0.05, 0) is 60.2 Å². The smallest absolute Gasteiger partial charge is 0.336 e. The first kappa shape index (κ1) is 37.8. The number of carboxylic acids is 1. The quantitative estimate of drug-likeness (QED) is 0.0807. The van der Waals surface area contributed by atoms with Crippen LogP contribution in [0.5, 0.6) is 28.7 Å². The number of benzene rings is 3. The molecular weight excluding hydrogens is 744 g/mol. The SMILES string of the molecule is Nc1ccc(CCOc2ccc(-c3cc(=O)c4c(O)c(OCc5cccc(O)c5)c(O[C@@H]5O[C@H](C(=O)O)[C@]6(O)[C@H]([C@H]7CNCN7)C=C[C@@]5(O)[C@@H]6O)cc4o3)cc2)[nH]1. The first-order chi connectivity index (χ1) is 27.3. The van der Waals surface area contributed by atoms with Crippen molar-refractivity contribution in [2.75, 3.05) is 25.6 Å². The fourth-order valence-corrected chi connectivity index (χ4v) is 7.66. The van der Waals surface area contributed by atoms with Gasteiger partial charge in [0.1, 0.15) is 52.4 Å². The van der Waals surface area contributed by atoms with Gasteiger partial charge in [-0.15, -0.1) is 0 Å². The zero-order valence-electron chi connectivity index (χ0n) is 30.1. The van der Waals surface area contributed by atoms with Crippen LogP contribution in [0.4, 0.5) is 5.82 Å². The summed E-state index contributed by atoms with van der Waals surface area (Å²) in [6.07, 6.45) is -3.09. The third-order valence-electron chi connectivity index (χ3n) is 10.5. The highest BCUT2D eigenvalue weighted by atomic mass is 16.7. The molecule has 0 amide bonds. The number of ether oxygens (including phenoxy) is 4. The molecule has 0 unspecified atom stereocenters. The Kier molecular flexibility index (Phi) is 9.80. The molecule has 1 aliphatic carbocycles. The standard InChI is InChI=1S/C40H40N4O13/c41-31-9-6-22(44-31)11-13-53-24-7-4-21(5-8-24)28-15-27(46)32-29(55-28)16-30(34(33(32)47)54-18-20-2-1-3-23(45)14-20)56-38-39(51)12-10-25(26-17-42-19-43-26)40(52,37(39)50)35(57-38)36(48)49/h1-10,12,14-16,25-26,35,37-38,42-45,47,50-52H,11,13,17-19,41H2,(H,48,49)/t25-,26+,35+,37-,38+,39+,40+/m0/s1. The van der Waals surface area contributed by atoms with E-state index in [9.17, 15) is 40.2 Å². The molecule has 2 aliphatic heterocycles. The van der Waals surface area contributed by atoms with Gasteiger partial charge in [0.05, 0.1) is 6.61 Å². The third-order valence-corrected chi connectivity index (χ3v) is 10.5. The Labute approximate surface area is 323 Å². The third kappa shape index (κ3) is 6.90. The summed E-state index contributed by atoms with van der Waals surface area (Å²) in [4.78, 5) is 29.3. The number of aliphatic hydroxyl groups is 3. The van der Waals surface area contributed by atoms with Gasteiger partial charge in [0, 0.05) is 55.0 Å². The second-order valence-electron chi connectivity index (χ2n) is 14.2. The summed E-state index contributed by atoms with van der Waals surface area (Å²) in [5.41, 5.74) is 1.71. The maximum Gasteiger partial charge on any atom is 0.336 e. The van der Waals surface area contributed by atoms with E-state index in [2.05, 4.69) is 15.6 Å². The molecule has 2 bridgehead atoms. The highest BCUT2D eigenvalue weighted by molar-refractivity contribution is 5.89. The van der Waals surface area contributed by atoms with Gasteiger partial charge in [-0.3, -0.25) is 10.1 Å². The Bertz CT molecular complexity index is 2390. The summed E-state index contributed by atoms with van der Waals surface area (Å²) in [6.45, 7) is 0.814. The van der Waals surface area contributed by atoms with Crippen LogP contribution in [0.3, 0.4) is 0 Å². The Balaban J connectivity index is 1.15. The molecular formula is C40H40N4O13. The summed E-state index contributed by atoms with van der Waals surface area (Å²) >= 11 is 0. The Hall–Kier alpha value is -6.08. The largest absolute Gasteiger partial charge is 0.508 e. The van der Waals surface area contributed by atoms with Gasteiger partial charge >= 0.3 is 5.97 Å². The summed E-state index contributed by atoms with van der Waals surface area (Å²) < 4.78 is 29.8. The summed E-state index contributed by atoms with van der Waals surface area (Å²) in [5, 5.41) is 73.1. The van der Waals surface area contributed by atoms with Crippen LogP contribution in [0.15, 0.2) is 94.2 Å². The Morgan fingerprint density at radius 1 is 1.02 bits per heavy atom. The summed E-state index contributed by atoms with van der Waals surface area (Å²) in [5.74, 6) is -3.02. The molecule has 5 aromatic rings. The normalized spacial score (nSPS) is 26.7. The number of nitrogens with two attached hydrogens (primary N) is 1. The fraction of sp³-hybridized carbons (Fsp3) is 0.300. The predicted octanol–water partition coefficient (Wildman–Crippen LogP) is 1.70. The van der Waals surface area contributed by atoms with E-state index in [-0.39, 0.29) is 34.8 Å². The first-order valence-corrected chi connectivity index (χ1v) is 18.1. The maximum absolute atomic E-state index is 13.6. The Morgan fingerprint density at radius 3 is 2.53 bits per heavy atom. The molecule has 0 spiro atoms. The number of carboxylic acid groups (broad SMARTS) is 1. The number of aliphatic hydroxyl groups excluding tert-OH is 1. The summed E-state index contributed by atoms with van der Waals surface area (Å²) in [7, 11) is 0. The van der Waals surface area contributed by atoms with Crippen molar-refractivity contribution in [3.63, 3.8) is 0 Å². The van der Waals surface area contributed by atoms with Crippen molar-refractivity contribution in [2.45, 2.75) is 48.8 Å². The molecule has 11 N–H and O–H groups in total. The van der Waals surface area contributed by atoms with Gasteiger partial charge in [-0.25, -0.2) is 4.79 Å². The minimum atomic E-state index is -2.53. The van der Waals surface area contributed by atoms with Crippen LogP contribution in [0, 0.1) is 5.92 Å². The van der Waals surface area contributed by atoms with Crippen molar-refractivity contribution in [3.8, 4) is 40.1 Å². The zero-order valence-corrected chi connectivity index (χ0v) is 30.1. The van der Waals surface area contributed by atoms with Crippen LogP contribution in [0.25, 0.3) is 22.3 Å². The lowest BCUT2D eigenvalue weighted by atomic mass is 9.63. The van der Waals surface area contributed by atoms with E-state index in [1.807, 2.05) is 6.07 Å². The molecule has 298 valence electrons. The van der Waals surface area contributed by atoms with E-state index < -0.39 is 64.6 Å². The molecule has 7 atom stereocenters. The molecule has 3 aromatic carbocycles. The molecule has 0 radical (unpaired) electrons. The van der Waals surface area contributed by atoms with Crippen molar-refractivity contribution in [1.82, 2.24) is 15.6 Å². The lowest BCUT2D eigenvalue weighted by Crippen LogP contribution is -2.79. The number of nitrogen functional groups attached to an aromatic ring is 1. The molecule has 8 rings (SSSR count). The number of phenolic OH excluding ortho intramolecular Hbond substituents is 2. The number of phenols is 2. The number of carbonyl (C=O) groups is 1. The van der Waals surface area contributed by atoms with Gasteiger partial charge in [0.2, 0.25) is 12.0 Å². The second-order valence-corrected chi connectivity index (χ2v) is 14.2. The predicted molar refractivity (Wildman–Crippen MR) is 202 cm³/mol. The summed E-state index contributed by atoms with van der Waals surface area (Å²) in [6, 6.07) is 18.3. The molecule has 17 nitrogen and oxygen atoms in total. The van der Waals surface area contributed by atoms with Gasteiger partial charge in [0.15, 0.2) is 28.6 Å². The van der Waals surface area contributed by atoms with Gasteiger partial charge in [0.25, 0.3) is 0 Å². The number of aromatic amines is 1. The van der Waals surface area contributed by atoms with Crippen LogP contribution in [0.2, 0.25) is 0 Å². The number of aliphatic carboxylic acids is 1. The molecule has 3 aliphatic rings. The number of hydrogen-bond donors (Lipinski definition) is 10. The monoisotopic (exact) mass is 784 g/mol. The van der Waals surface area contributed by atoms with E-state index >= 15 is 0 Å². The van der Waals surface area contributed by atoms with Crippen LogP contribution in [-0.2, 0) is 22.6 Å². The maximum atomic E-state index is 13.6. The average Bonchev–Trinajstić information content (AvgIpc) is 3.86. The van der Waals surface area contributed by atoms with E-state index in [1.54, 1.807) is 42.5 Å². The number of hydrogen-bond acceptors (Lipinski definition) is 15. The van der Waals surface area contributed by atoms with Crippen LogP contribution in [0.1, 0.15) is 11.3 Å². The molecule has 0 saturated carbocycles. The van der Waals surface area contributed by atoms with Crippen molar-refractivity contribution in [3.05, 3.63) is 106 Å². The molecule has 17 heteroatoms. The lowest BCUT2D eigenvalue weighted by molar-refractivity contribution is -0.342. The second kappa shape index (κ2) is 14.8. The van der Waals surface area contributed by atoms with Crippen LogP contribution in [-0.4, -0.2) is 97.2 Å². The van der Waals surface area contributed by atoms with Gasteiger partial charge in [-0.2, -0.15) is 0 Å². The van der Waals surface area contributed by atoms with Gasteiger partial charge < -0.3 is 70.0 Å². The Morgan fingerprint density at radius 2 is 1.82 bits per heavy atom. The number of rotatable bonds is 12. The molecule has 2 fully saturated rings. The number of nitrogens with one attached hydrogen (secondary N) is 3. The van der Waals surface area contributed by atoms with Crippen molar-refractivity contribution in [1.29, 1.82) is 0 Å². The zero-order chi connectivity index (χ0) is 40.1.